The molecule has 2 aliphatic heterocycles. The summed E-state index contributed by atoms with van der Waals surface area (Å²) < 4.78 is 8.83. The minimum Gasteiger partial charge on any atom is -0.506 e. The lowest BCUT2D eigenvalue weighted by Gasteiger charge is -2.15. The second kappa shape index (κ2) is 18.6. The van der Waals surface area contributed by atoms with Gasteiger partial charge in [-0.15, -0.1) is 0 Å². The molecule has 0 spiro atoms. The summed E-state index contributed by atoms with van der Waals surface area (Å²) in [6, 6.07) is 0. The molecule has 2 rings (SSSR count). The molecule has 188 valence electrons. The van der Waals surface area contributed by atoms with Gasteiger partial charge in [-0.1, -0.05) is 34.1 Å². The van der Waals surface area contributed by atoms with E-state index < -0.39 is 72.9 Å². The van der Waals surface area contributed by atoms with E-state index in [1.807, 2.05) is 13.8 Å². The Labute approximate surface area is 179 Å². The van der Waals surface area contributed by atoms with Gasteiger partial charge < -0.3 is 66.4 Å². The van der Waals surface area contributed by atoms with Crippen molar-refractivity contribution >= 4 is 5.97 Å². The van der Waals surface area contributed by atoms with E-state index in [-0.39, 0.29) is 11.0 Å². The summed E-state index contributed by atoms with van der Waals surface area (Å²) >= 11 is 0. The number of carbonyl (C=O) groups is 1. The third kappa shape index (κ3) is 10.6. The zero-order valence-electron chi connectivity index (χ0n) is 17.8. The van der Waals surface area contributed by atoms with Crippen LogP contribution in [0.5, 0.6) is 0 Å². The minimum absolute atomic E-state index is 0. The largest absolute Gasteiger partial charge is 0.506 e. The molecule has 14 nitrogen and oxygen atoms in total. The van der Waals surface area contributed by atoms with Gasteiger partial charge in [0.15, 0.2) is 23.4 Å². The fraction of sp³-hybridized carbons (Fsp3) is 0.706. The first-order valence-corrected chi connectivity index (χ1v) is 8.93. The highest BCUT2D eigenvalue weighted by Crippen LogP contribution is 2.24. The van der Waals surface area contributed by atoms with Crippen molar-refractivity contribution in [3.05, 3.63) is 23.0 Å². The normalized spacial score (nSPS) is 23.4. The molecule has 14 heteroatoms. The lowest BCUT2D eigenvalue weighted by molar-refractivity contribution is -0.147. The fourth-order valence-electron chi connectivity index (χ4n) is 1.73. The van der Waals surface area contributed by atoms with E-state index in [2.05, 4.69) is 23.3 Å². The Hall–Kier alpha value is -2.17. The van der Waals surface area contributed by atoms with Crippen LogP contribution in [0.3, 0.4) is 0 Å². The average molecular weight is 465 g/mol. The molecular weight excluding hydrogens is 428 g/mol. The van der Waals surface area contributed by atoms with Gasteiger partial charge in [0.1, 0.15) is 18.3 Å². The first kappa shape index (κ1) is 36.2. The molecule has 0 bridgehead atoms. The molecule has 31 heavy (non-hydrogen) atoms. The van der Waals surface area contributed by atoms with Crippen LogP contribution in [0.4, 0.5) is 0 Å². The highest BCUT2D eigenvalue weighted by Gasteiger charge is 2.39. The van der Waals surface area contributed by atoms with Crippen LogP contribution in [-0.4, -0.2) is 101 Å². The molecule has 2 heterocycles. The highest BCUT2D eigenvalue weighted by molar-refractivity contribution is 5.89. The summed E-state index contributed by atoms with van der Waals surface area (Å²) in [6.07, 6.45) is -5.77. The van der Waals surface area contributed by atoms with Crippen LogP contribution in [0.2, 0.25) is 0 Å². The van der Waals surface area contributed by atoms with E-state index in [1.54, 1.807) is 0 Å². The van der Waals surface area contributed by atoms with Crippen molar-refractivity contribution in [2.75, 3.05) is 13.2 Å². The van der Waals surface area contributed by atoms with E-state index in [4.69, 9.17) is 46.0 Å². The molecule has 2 aliphatic rings. The van der Waals surface area contributed by atoms with E-state index in [1.165, 1.54) is 6.42 Å². The second-order valence-corrected chi connectivity index (χ2v) is 5.45. The lowest BCUT2D eigenvalue weighted by atomic mass is 10.2. The molecule has 0 aliphatic carbocycles. The number of esters is 1. The number of hydrogen-bond acceptors (Lipinski definition) is 12. The Morgan fingerprint density at radius 1 is 0.871 bits per heavy atom. The van der Waals surface area contributed by atoms with Crippen LogP contribution in [0.1, 0.15) is 34.1 Å². The van der Waals surface area contributed by atoms with Crippen LogP contribution >= 0.6 is 0 Å². The highest BCUT2D eigenvalue weighted by atomic mass is 16.6. The van der Waals surface area contributed by atoms with Gasteiger partial charge in [0.25, 0.3) is 0 Å². The van der Waals surface area contributed by atoms with Gasteiger partial charge in [-0.2, -0.15) is 0 Å². The van der Waals surface area contributed by atoms with Gasteiger partial charge in [-0.3, -0.25) is 0 Å². The number of ether oxygens (including phenoxy) is 2. The Morgan fingerprint density at radius 3 is 1.52 bits per heavy atom. The zero-order chi connectivity index (χ0) is 23.3. The molecule has 5 unspecified atom stereocenters. The molecule has 0 saturated carbocycles. The van der Waals surface area contributed by atoms with Crippen molar-refractivity contribution in [3.8, 4) is 0 Å². The van der Waals surface area contributed by atoms with E-state index in [0.717, 1.165) is 0 Å². The van der Waals surface area contributed by atoms with Crippen molar-refractivity contribution in [1.29, 1.82) is 0 Å². The number of aliphatic hydroxyl groups is 9. The van der Waals surface area contributed by atoms with E-state index in [9.17, 15) is 4.79 Å². The number of cyclic esters (lactones) is 1. The van der Waals surface area contributed by atoms with E-state index >= 15 is 0 Å². The van der Waals surface area contributed by atoms with Crippen molar-refractivity contribution in [3.63, 3.8) is 0 Å². The van der Waals surface area contributed by atoms with Crippen LogP contribution in [0, 0.1) is 0 Å². The molecule has 0 saturated heterocycles. The quantitative estimate of drug-likeness (QED) is 0.156. The zero-order valence-corrected chi connectivity index (χ0v) is 17.8. The van der Waals surface area contributed by atoms with Gasteiger partial charge >= 0.3 is 5.97 Å². The maximum absolute atomic E-state index is 10.5. The van der Waals surface area contributed by atoms with Gasteiger partial charge in [0.05, 0.1) is 13.2 Å². The van der Waals surface area contributed by atoms with Crippen molar-refractivity contribution in [1.82, 2.24) is 0 Å². The SMILES string of the molecule is CC.CCC.O.O=C1OC(C(O)CO)C(O)=C1O.OCC(O)C1OC(O)C(O)=C1O.[OH3+]. The third-order valence-corrected chi connectivity index (χ3v) is 3.05. The number of hydrogen-bond donors (Lipinski definition) is 9. The van der Waals surface area contributed by atoms with Gasteiger partial charge in [0, 0.05) is 0 Å². The fourth-order valence-corrected chi connectivity index (χ4v) is 1.73. The molecule has 14 N–H and O–H groups in total. The Kier molecular flexibility index (Phi) is 21.7. The molecule has 0 aromatic heterocycles. The Morgan fingerprint density at radius 2 is 1.26 bits per heavy atom. The topological polar surface area (TPSA) is 282 Å². The summed E-state index contributed by atoms with van der Waals surface area (Å²) in [5.74, 6) is -4.16. The van der Waals surface area contributed by atoms with Gasteiger partial charge in [-0.25, -0.2) is 4.79 Å². The summed E-state index contributed by atoms with van der Waals surface area (Å²) in [5.41, 5.74) is 0. The van der Waals surface area contributed by atoms with Crippen molar-refractivity contribution in [2.45, 2.75) is 64.8 Å². The second-order valence-electron chi connectivity index (χ2n) is 5.45. The van der Waals surface area contributed by atoms with Crippen molar-refractivity contribution in [2.24, 2.45) is 0 Å². The molecule has 0 aromatic carbocycles. The predicted octanol–water partition coefficient (Wildman–Crippen LogP) is -2.33. The summed E-state index contributed by atoms with van der Waals surface area (Å²) in [5, 5.41) is 79.1. The molecule has 0 amide bonds. The number of aliphatic hydroxyl groups excluding tert-OH is 9. The predicted molar refractivity (Wildman–Crippen MR) is 107 cm³/mol. The smallest absolute Gasteiger partial charge is 0.377 e. The molecule has 0 radical (unpaired) electrons. The third-order valence-electron chi connectivity index (χ3n) is 3.05. The first-order valence-electron chi connectivity index (χ1n) is 8.93. The summed E-state index contributed by atoms with van der Waals surface area (Å²) in [6.45, 7) is 6.95. The molecule has 5 atom stereocenters. The monoisotopic (exact) mass is 465 g/mol. The maximum atomic E-state index is 10.5. The lowest BCUT2D eigenvalue weighted by Crippen LogP contribution is -2.32. The Balaban J connectivity index is -0.000000185. The maximum Gasteiger partial charge on any atom is 0.377 e. The average Bonchev–Trinajstić information content (AvgIpc) is 3.13. The molecular formula is C17H37O14+. The number of carbonyl (C=O) groups excluding carboxylic acids is 1. The van der Waals surface area contributed by atoms with Gasteiger partial charge in [0.2, 0.25) is 12.0 Å². The minimum atomic E-state index is -1.63. The number of rotatable bonds is 4. The van der Waals surface area contributed by atoms with Crippen LogP contribution in [-0.2, 0) is 19.7 Å². The van der Waals surface area contributed by atoms with Crippen LogP contribution < -0.4 is 0 Å². The van der Waals surface area contributed by atoms with Gasteiger partial charge in [-0.05, 0) is 0 Å². The van der Waals surface area contributed by atoms with E-state index in [0.29, 0.717) is 0 Å². The molecule has 0 aromatic rings. The van der Waals surface area contributed by atoms with Crippen molar-refractivity contribution < 1.29 is 71.2 Å². The first-order chi connectivity index (χ1) is 13.6. The van der Waals surface area contributed by atoms with Crippen LogP contribution in [0.25, 0.3) is 0 Å². The summed E-state index contributed by atoms with van der Waals surface area (Å²) in [7, 11) is 0. The molecule has 0 fully saturated rings. The summed E-state index contributed by atoms with van der Waals surface area (Å²) in [4.78, 5) is 10.5. The standard InChI is InChI=1S/C6H10O6.C6H8O6.C3H8.C2H6.2H2O/c2*7-1-2(8)5-3(9)4(10)6(11)12-5;1-3-2;1-2;;/h2,5-11H,1H2;2,5,7-10H,1H2;3H2,1-2H3;1-2H3;2*1H2/p+1. The Bertz CT molecular complexity index is 547. The van der Waals surface area contributed by atoms with Crippen LogP contribution in [0.15, 0.2) is 23.0 Å².